The Morgan fingerprint density at radius 3 is 2.50 bits per heavy atom. The van der Waals surface area contributed by atoms with Crippen LogP contribution in [-0.2, 0) is 6.18 Å². The van der Waals surface area contributed by atoms with Crippen LogP contribution in [0.15, 0.2) is 24.5 Å². The molecule has 1 aliphatic rings. The Balaban J connectivity index is 1.69. The topological polar surface area (TPSA) is 70.8 Å². The van der Waals surface area contributed by atoms with Gasteiger partial charge in [-0.15, -0.1) is 0 Å². The SMILES string of the molecule is Nc1cc(C2CCN(c3cncc(C(F)(F)F)c3)CC2)[nH]n1. The number of aromatic nitrogens is 3. The minimum absolute atomic E-state index is 0.305. The lowest BCUT2D eigenvalue weighted by Gasteiger charge is -2.33. The van der Waals surface area contributed by atoms with E-state index in [4.69, 9.17) is 5.73 Å². The molecule has 5 nitrogen and oxygen atoms in total. The smallest absolute Gasteiger partial charge is 0.382 e. The molecule has 0 unspecified atom stereocenters. The van der Waals surface area contributed by atoms with Gasteiger partial charge in [-0.3, -0.25) is 10.1 Å². The number of pyridine rings is 1. The lowest BCUT2D eigenvalue weighted by Crippen LogP contribution is -2.33. The molecule has 2 aromatic heterocycles. The average Bonchev–Trinajstić information content (AvgIpc) is 2.93. The molecule has 8 heteroatoms. The van der Waals surface area contributed by atoms with Gasteiger partial charge in [0.1, 0.15) is 5.82 Å². The summed E-state index contributed by atoms with van der Waals surface area (Å²) in [5, 5.41) is 6.82. The van der Waals surface area contributed by atoms with E-state index in [1.165, 1.54) is 6.20 Å². The third-order valence-corrected chi connectivity index (χ3v) is 3.97. The van der Waals surface area contributed by atoms with Gasteiger partial charge in [0.2, 0.25) is 0 Å². The Bertz CT molecular complexity index is 644. The van der Waals surface area contributed by atoms with E-state index in [9.17, 15) is 13.2 Å². The van der Waals surface area contributed by atoms with Crippen LogP contribution in [0, 0.1) is 0 Å². The van der Waals surface area contributed by atoms with Crippen LogP contribution >= 0.6 is 0 Å². The molecule has 3 rings (SSSR count). The molecule has 1 saturated heterocycles. The first-order valence-electron chi connectivity index (χ1n) is 7.01. The van der Waals surface area contributed by atoms with Gasteiger partial charge in [0.25, 0.3) is 0 Å². The molecule has 0 aliphatic carbocycles. The summed E-state index contributed by atoms with van der Waals surface area (Å²) in [7, 11) is 0. The zero-order chi connectivity index (χ0) is 15.7. The highest BCUT2D eigenvalue weighted by Crippen LogP contribution is 2.33. The van der Waals surface area contributed by atoms with Gasteiger partial charge in [0, 0.05) is 37.0 Å². The Kier molecular flexibility index (Phi) is 3.67. The number of nitrogen functional groups attached to an aromatic ring is 1. The van der Waals surface area contributed by atoms with Crippen molar-refractivity contribution < 1.29 is 13.2 Å². The van der Waals surface area contributed by atoms with Crippen LogP contribution in [0.3, 0.4) is 0 Å². The van der Waals surface area contributed by atoms with Crippen molar-refractivity contribution in [3.8, 4) is 0 Å². The second-order valence-corrected chi connectivity index (χ2v) is 5.44. The van der Waals surface area contributed by atoms with Gasteiger partial charge >= 0.3 is 6.18 Å². The van der Waals surface area contributed by atoms with E-state index in [-0.39, 0.29) is 0 Å². The van der Waals surface area contributed by atoms with E-state index in [1.807, 2.05) is 11.0 Å². The van der Waals surface area contributed by atoms with E-state index in [1.54, 1.807) is 0 Å². The first kappa shape index (κ1) is 14.7. The molecule has 3 heterocycles. The fourth-order valence-corrected chi connectivity index (χ4v) is 2.77. The van der Waals surface area contributed by atoms with Crippen molar-refractivity contribution >= 4 is 11.5 Å². The molecule has 0 amide bonds. The maximum Gasteiger partial charge on any atom is 0.417 e. The standard InChI is InChI=1S/C14H16F3N5/c15-14(16,17)10-5-11(8-19-7-10)22-3-1-9(2-4-22)12-6-13(18)21-20-12/h5-9H,1-4H2,(H3,18,20,21). The quantitative estimate of drug-likeness (QED) is 0.894. The molecule has 3 N–H and O–H groups in total. The normalized spacial score (nSPS) is 17.0. The third-order valence-electron chi connectivity index (χ3n) is 3.97. The number of piperidine rings is 1. The van der Waals surface area contributed by atoms with Crippen LogP contribution in [0.1, 0.15) is 30.0 Å². The molecule has 118 valence electrons. The Labute approximate surface area is 125 Å². The lowest BCUT2D eigenvalue weighted by atomic mass is 9.93. The van der Waals surface area contributed by atoms with E-state index in [2.05, 4.69) is 15.2 Å². The summed E-state index contributed by atoms with van der Waals surface area (Å²) in [6.07, 6.45) is -0.377. The predicted molar refractivity (Wildman–Crippen MR) is 76.4 cm³/mol. The van der Waals surface area contributed by atoms with Crippen LogP contribution in [0.2, 0.25) is 0 Å². The summed E-state index contributed by atoms with van der Waals surface area (Å²) in [4.78, 5) is 5.64. The van der Waals surface area contributed by atoms with Crippen molar-refractivity contribution in [1.29, 1.82) is 0 Å². The minimum atomic E-state index is -4.37. The minimum Gasteiger partial charge on any atom is -0.382 e. The molecule has 0 spiro atoms. The summed E-state index contributed by atoms with van der Waals surface area (Å²) in [5.74, 6) is 0.763. The number of halogens is 3. The second-order valence-electron chi connectivity index (χ2n) is 5.44. The Morgan fingerprint density at radius 1 is 1.18 bits per heavy atom. The summed E-state index contributed by atoms with van der Waals surface area (Å²) in [6.45, 7) is 1.35. The summed E-state index contributed by atoms with van der Waals surface area (Å²) >= 11 is 0. The van der Waals surface area contributed by atoms with Gasteiger partial charge in [-0.1, -0.05) is 0 Å². The van der Waals surface area contributed by atoms with Gasteiger partial charge in [-0.2, -0.15) is 18.3 Å². The van der Waals surface area contributed by atoms with Gasteiger partial charge in [-0.05, 0) is 18.9 Å². The number of aromatic amines is 1. The van der Waals surface area contributed by atoms with Gasteiger partial charge in [-0.25, -0.2) is 0 Å². The maximum atomic E-state index is 12.7. The number of hydrogen-bond acceptors (Lipinski definition) is 4. The van der Waals surface area contributed by atoms with E-state index in [0.29, 0.717) is 30.5 Å². The molecule has 1 aliphatic heterocycles. The van der Waals surface area contributed by atoms with Gasteiger partial charge < -0.3 is 10.6 Å². The Hall–Kier alpha value is -2.25. The molecule has 0 radical (unpaired) electrons. The molecule has 2 aromatic rings. The number of rotatable bonds is 2. The number of alkyl halides is 3. The maximum absolute atomic E-state index is 12.7. The highest BCUT2D eigenvalue weighted by molar-refractivity contribution is 5.47. The number of H-pyrrole nitrogens is 1. The van der Waals surface area contributed by atoms with Crippen LogP contribution in [-0.4, -0.2) is 28.3 Å². The number of nitrogens with one attached hydrogen (secondary N) is 1. The number of nitrogens with zero attached hydrogens (tertiary/aromatic N) is 3. The molecule has 1 fully saturated rings. The van der Waals surface area contributed by atoms with Crippen LogP contribution in [0.4, 0.5) is 24.7 Å². The molecular weight excluding hydrogens is 295 g/mol. The van der Waals surface area contributed by atoms with E-state index < -0.39 is 11.7 Å². The van der Waals surface area contributed by atoms with Gasteiger partial charge in [0.05, 0.1) is 17.4 Å². The predicted octanol–water partition coefficient (Wildman–Crippen LogP) is 2.79. The molecule has 0 atom stereocenters. The van der Waals surface area contributed by atoms with Crippen LogP contribution in [0.25, 0.3) is 0 Å². The number of nitrogens with two attached hydrogens (primary N) is 1. The molecule has 0 saturated carbocycles. The highest BCUT2D eigenvalue weighted by atomic mass is 19.4. The highest BCUT2D eigenvalue weighted by Gasteiger charge is 2.32. The second kappa shape index (κ2) is 5.51. The van der Waals surface area contributed by atoms with Crippen molar-refractivity contribution in [3.05, 3.63) is 35.8 Å². The Morgan fingerprint density at radius 2 is 1.91 bits per heavy atom. The largest absolute Gasteiger partial charge is 0.417 e. The summed E-state index contributed by atoms with van der Waals surface area (Å²) < 4.78 is 38.2. The van der Waals surface area contributed by atoms with Crippen molar-refractivity contribution in [2.24, 2.45) is 0 Å². The van der Waals surface area contributed by atoms with Crippen molar-refractivity contribution in [2.75, 3.05) is 23.7 Å². The van der Waals surface area contributed by atoms with Gasteiger partial charge in [0.15, 0.2) is 0 Å². The van der Waals surface area contributed by atoms with E-state index >= 15 is 0 Å². The number of hydrogen-bond donors (Lipinski definition) is 2. The number of anilines is 2. The zero-order valence-electron chi connectivity index (χ0n) is 11.8. The fraction of sp³-hybridized carbons (Fsp3) is 0.429. The zero-order valence-corrected chi connectivity index (χ0v) is 11.8. The summed E-state index contributed by atoms with van der Waals surface area (Å²) in [5.41, 5.74) is 6.38. The first-order valence-corrected chi connectivity index (χ1v) is 7.01. The average molecular weight is 311 g/mol. The fourth-order valence-electron chi connectivity index (χ4n) is 2.77. The molecule has 22 heavy (non-hydrogen) atoms. The molecule has 0 aromatic carbocycles. The van der Waals surface area contributed by atoms with Crippen LogP contribution in [0.5, 0.6) is 0 Å². The van der Waals surface area contributed by atoms with Crippen LogP contribution < -0.4 is 10.6 Å². The van der Waals surface area contributed by atoms with Crippen molar-refractivity contribution in [2.45, 2.75) is 24.9 Å². The third kappa shape index (κ3) is 3.00. The molecular formula is C14H16F3N5. The monoisotopic (exact) mass is 311 g/mol. The van der Waals surface area contributed by atoms with E-state index in [0.717, 1.165) is 30.8 Å². The lowest BCUT2D eigenvalue weighted by molar-refractivity contribution is -0.137. The molecule has 0 bridgehead atoms. The van der Waals surface area contributed by atoms with Crippen molar-refractivity contribution in [1.82, 2.24) is 15.2 Å². The first-order chi connectivity index (χ1) is 10.4. The van der Waals surface area contributed by atoms with Crippen molar-refractivity contribution in [3.63, 3.8) is 0 Å². The summed E-state index contributed by atoms with van der Waals surface area (Å²) in [6, 6.07) is 2.97.